The van der Waals surface area contributed by atoms with Crippen LogP contribution >= 0.6 is 0 Å². The van der Waals surface area contributed by atoms with Crippen molar-refractivity contribution in [3.8, 4) is 0 Å². The highest BCUT2D eigenvalue weighted by molar-refractivity contribution is 4.71. The zero-order valence-electron chi connectivity index (χ0n) is 10.8. The van der Waals surface area contributed by atoms with Crippen molar-refractivity contribution in [3.05, 3.63) is 0 Å². The van der Waals surface area contributed by atoms with Crippen molar-refractivity contribution in [1.29, 1.82) is 0 Å². The van der Waals surface area contributed by atoms with Gasteiger partial charge < -0.3 is 4.74 Å². The molecule has 0 heterocycles. The van der Waals surface area contributed by atoms with Crippen LogP contribution in [0.4, 0.5) is 0 Å². The van der Waals surface area contributed by atoms with E-state index in [1.165, 1.54) is 51.4 Å². The molecule has 1 aliphatic carbocycles. The van der Waals surface area contributed by atoms with E-state index in [2.05, 4.69) is 20.8 Å². The third-order valence-electron chi connectivity index (χ3n) is 3.60. The second kappa shape index (κ2) is 7.27. The Morgan fingerprint density at radius 1 is 1.13 bits per heavy atom. The second-order valence-corrected chi connectivity index (χ2v) is 5.32. The Morgan fingerprint density at radius 2 is 1.80 bits per heavy atom. The summed E-state index contributed by atoms with van der Waals surface area (Å²) in [6.07, 6.45) is 11.6. The van der Waals surface area contributed by atoms with Gasteiger partial charge in [0, 0.05) is 0 Å². The van der Waals surface area contributed by atoms with Crippen LogP contribution in [0.2, 0.25) is 0 Å². The van der Waals surface area contributed by atoms with Gasteiger partial charge in [-0.05, 0) is 44.9 Å². The van der Waals surface area contributed by atoms with Gasteiger partial charge in [0.2, 0.25) is 0 Å². The highest BCUT2D eigenvalue weighted by Gasteiger charge is 2.20. The first-order valence-corrected chi connectivity index (χ1v) is 6.87. The van der Waals surface area contributed by atoms with E-state index in [9.17, 15) is 0 Å². The van der Waals surface area contributed by atoms with Gasteiger partial charge in [-0.25, -0.2) is 0 Å². The van der Waals surface area contributed by atoms with Crippen molar-refractivity contribution in [1.82, 2.24) is 0 Å². The summed E-state index contributed by atoms with van der Waals surface area (Å²) >= 11 is 0. The largest absolute Gasteiger partial charge is 0.375 e. The highest BCUT2D eigenvalue weighted by Crippen LogP contribution is 2.26. The first kappa shape index (κ1) is 13.0. The SMILES string of the molecule is CCCCCC(C)OC1CCC(C)CC1. The molecule has 0 saturated heterocycles. The first-order valence-electron chi connectivity index (χ1n) is 6.87. The standard InChI is InChI=1S/C14H28O/c1-4-5-6-7-13(3)15-14-10-8-12(2)9-11-14/h12-14H,4-11H2,1-3H3. The summed E-state index contributed by atoms with van der Waals surface area (Å²) in [5, 5.41) is 0. The topological polar surface area (TPSA) is 9.23 Å². The zero-order valence-corrected chi connectivity index (χ0v) is 10.8. The molecule has 1 fully saturated rings. The summed E-state index contributed by atoms with van der Waals surface area (Å²) in [5.41, 5.74) is 0. The zero-order chi connectivity index (χ0) is 11.1. The second-order valence-electron chi connectivity index (χ2n) is 5.32. The van der Waals surface area contributed by atoms with Crippen molar-refractivity contribution in [3.63, 3.8) is 0 Å². The van der Waals surface area contributed by atoms with Gasteiger partial charge in [0.25, 0.3) is 0 Å². The molecule has 1 rings (SSSR count). The maximum atomic E-state index is 6.09. The Morgan fingerprint density at radius 3 is 2.40 bits per heavy atom. The molecule has 0 spiro atoms. The first-order chi connectivity index (χ1) is 7.22. The molecule has 0 bridgehead atoms. The average molecular weight is 212 g/mol. The van der Waals surface area contributed by atoms with Crippen LogP contribution in [-0.2, 0) is 4.74 Å². The monoisotopic (exact) mass is 212 g/mol. The lowest BCUT2D eigenvalue weighted by atomic mass is 9.89. The molecule has 90 valence electrons. The van der Waals surface area contributed by atoms with Gasteiger partial charge in [0.15, 0.2) is 0 Å². The fourth-order valence-electron chi connectivity index (χ4n) is 2.44. The van der Waals surface area contributed by atoms with Gasteiger partial charge in [0.05, 0.1) is 12.2 Å². The lowest BCUT2D eigenvalue weighted by Gasteiger charge is -2.28. The van der Waals surface area contributed by atoms with Crippen molar-refractivity contribution in [2.45, 2.75) is 84.3 Å². The summed E-state index contributed by atoms with van der Waals surface area (Å²) in [6.45, 7) is 6.86. The number of rotatable bonds is 6. The van der Waals surface area contributed by atoms with Crippen LogP contribution in [0, 0.1) is 5.92 Å². The van der Waals surface area contributed by atoms with E-state index in [0.717, 1.165) is 5.92 Å². The van der Waals surface area contributed by atoms with E-state index in [-0.39, 0.29) is 0 Å². The van der Waals surface area contributed by atoms with Crippen molar-refractivity contribution >= 4 is 0 Å². The van der Waals surface area contributed by atoms with Gasteiger partial charge >= 0.3 is 0 Å². The minimum absolute atomic E-state index is 0.481. The van der Waals surface area contributed by atoms with Gasteiger partial charge in [-0.2, -0.15) is 0 Å². The smallest absolute Gasteiger partial charge is 0.0579 e. The Bertz CT molecular complexity index is 147. The molecule has 1 atom stereocenters. The quantitative estimate of drug-likeness (QED) is 0.587. The van der Waals surface area contributed by atoms with Gasteiger partial charge in [-0.3, -0.25) is 0 Å². The van der Waals surface area contributed by atoms with Crippen LogP contribution in [-0.4, -0.2) is 12.2 Å². The Balaban J connectivity index is 2.06. The summed E-state index contributed by atoms with van der Waals surface area (Å²) in [7, 11) is 0. The molecule has 1 saturated carbocycles. The molecule has 15 heavy (non-hydrogen) atoms. The van der Waals surface area contributed by atoms with E-state index in [4.69, 9.17) is 4.74 Å². The average Bonchev–Trinajstić information content (AvgIpc) is 2.22. The summed E-state index contributed by atoms with van der Waals surface area (Å²) in [4.78, 5) is 0. The van der Waals surface area contributed by atoms with Crippen molar-refractivity contribution in [2.75, 3.05) is 0 Å². The Labute approximate surface area is 95.6 Å². The normalized spacial score (nSPS) is 29.0. The molecule has 0 aliphatic heterocycles. The van der Waals surface area contributed by atoms with E-state index in [1.807, 2.05) is 0 Å². The molecule has 0 aromatic carbocycles. The minimum Gasteiger partial charge on any atom is -0.375 e. The molecule has 1 unspecified atom stereocenters. The Hall–Kier alpha value is -0.0400. The third-order valence-corrected chi connectivity index (χ3v) is 3.60. The lowest BCUT2D eigenvalue weighted by molar-refractivity contribution is -0.0309. The van der Waals surface area contributed by atoms with Crippen LogP contribution < -0.4 is 0 Å². The third kappa shape index (κ3) is 5.55. The van der Waals surface area contributed by atoms with Gasteiger partial charge in [-0.15, -0.1) is 0 Å². The number of hydrogen-bond donors (Lipinski definition) is 0. The number of unbranched alkanes of at least 4 members (excludes halogenated alkanes) is 2. The number of hydrogen-bond acceptors (Lipinski definition) is 1. The molecule has 0 radical (unpaired) electrons. The van der Waals surface area contributed by atoms with Crippen LogP contribution in [0.5, 0.6) is 0 Å². The summed E-state index contributed by atoms with van der Waals surface area (Å²) in [6, 6.07) is 0. The molecule has 0 aromatic rings. The molecule has 1 heteroatoms. The van der Waals surface area contributed by atoms with Gasteiger partial charge in [-0.1, -0.05) is 33.1 Å². The van der Waals surface area contributed by atoms with Crippen molar-refractivity contribution < 1.29 is 4.74 Å². The molecular formula is C14H28O. The lowest BCUT2D eigenvalue weighted by Crippen LogP contribution is -2.24. The van der Waals surface area contributed by atoms with Crippen LogP contribution in [0.3, 0.4) is 0 Å². The fourth-order valence-corrected chi connectivity index (χ4v) is 2.44. The van der Waals surface area contributed by atoms with E-state index < -0.39 is 0 Å². The van der Waals surface area contributed by atoms with E-state index in [1.54, 1.807) is 0 Å². The van der Waals surface area contributed by atoms with Crippen LogP contribution in [0.25, 0.3) is 0 Å². The van der Waals surface area contributed by atoms with Crippen LogP contribution in [0.15, 0.2) is 0 Å². The highest BCUT2D eigenvalue weighted by atomic mass is 16.5. The Kier molecular flexibility index (Phi) is 6.31. The minimum atomic E-state index is 0.481. The molecule has 0 aromatic heterocycles. The predicted octanol–water partition coefficient (Wildman–Crippen LogP) is 4.55. The fraction of sp³-hybridized carbons (Fsp3) is 1.00. The molecule has 1 aliphatic rings. The van der Waals surface area contributed by atoms with E-state index in [0.29, 0.717) is 12.2 Å². The maximum Gasteiger partial charge on any atom is 0.0579 e. The molecular weight excluding hydrogens is 184 g/mol. The number of ether oxygens (including phenoxy) is 1. The summed E-state index contributed by atoms with van der Waals surface area (Å²) < 4.78 is 6.09. The maximum absolute atomic E-state index is 6.09. The van der Waals surface area contributed by atoms with Crippen LogP contribution in [0.1, 0.15) is 72.1 Å². The molecule has 0 amide bonds. The predicted molar refractivity (Wildman–Crippen MR) is 66.1 cm³/mol. The summed E-state index contributed by atoms with van der Waals surface area (Å²) in [5.74, 6) is 0.931. The van der Waals surface area contributed by atoms with Crippen molar-refractivity contribution in [2.24, 2.45) is 5.92 Å². The molecule has 1 nitrogen and oxygen atoms in total. The van der Waals surface area contributed by atoms with E-state index >= 15 is 0 Å². The van der Waals surface area contributed by atoms with Gasteiger partial charge in [0.1, 0.15) is 0 Å². The molecule has 0 N–H and O–H groups in total.